The maximum atomic E-state index is 12.4. The zero-order chi connectivity index (χ0) is 24.5. The van der Waals surface area contributed by atoms with Gasteiger partial charge in [-0.3, -0.25) is 13.8 Å². The van der Waals surface area contributed by atoms with Gasteiger partial charge in [-0.05, 0) is 12.8 Å². The van der Waals surface area contributed by atoms with E-state index in [0.29, 0.717) is 23.9 Å². The van der Waals surface area contributed by atoms with Crippen LogP contribution in [0.3, 0.4) is 0 Å². The molecule has 0 heterocycles. The Bertz CT molecular complexity index is 527. The molecule has 0 fully saturated rings. The van der Waals surface area contributed by atoms with Crippen molar-refractivity contribution >= 4 is 13.7 Å². The van der Waals surface area contributed by atoms with E-state index in [1.54, 1.807) is 0 Å². The fraction of sp³-hybridized carbons (Fsp3) is 0.957. The third-order valence-corrected chi connectivity index (χ3v) is 6.34. The van der Waals surface area contributed by atoms with Crippen molar-refractivity contribution in [3.8, 4) is 0 Å². The van der Waals surface area contributed by atoms with Crippen molar-refractivity contribution in [3.63, 3.8) is 0 Å². The minimum absolute atomic E-state index is 0.0753. The number of unbranched alkanes of at least 4 members (excludes halogenated alkanes) is 8. The Morgan fingerprint density at radius 1 is 0.938 bits per heavy atom. The molecule has 0 rings (SSSR count). The third-order valence-electron chi connectivity index (χ3n) is 5.36. The smallest absolute Gasteiger partial charge is 0.391 e. The van der Waals surface area contributed by atoms with Gasteiger partial charge < -0.3 is 19.8 Å². The number of phosphoric ester groups is 1. The summed E-state index contributed by atoms with van der Waals surface area (Å²) in [6.07, 6.45) is 10.5. The Hall–Kier alpha value is -0.500. The van der Waals surface area contributed by atoms with Crippen LogP contribution in [0, 0.1) is 0 Å². The number of aliphatic hydroxyl groups excluding tert-OH is 1. The molecule has 192 valence electrons. The predicted molar refractivity (Wildman–Crippen MR) is 129 cm³/mol. The van der Waals surface area contributed by atoms with Gasteiger partial charge in [-0.2, -0.15) is 0 Å². The molecule has 0 aromatic carbocycles. The van der Waals surface area contributed by atoms with E-state index in [0.717, 1.165) is 44.9 Å². The first-order valence-electron chi connectivity index (χ1n) is 12.4. The van der Waals surface area contributed by atoms with Gasteiger partial charge in [0.1, 0.15) is 13.2 Å². The second-order valence-corrected chi connectivity index (χ2v) is 11.2. The number of hydrogen-bond acceptors (Lipinski definition) is 5. The van der Waals surface area contributed by atoms with Crippen molar-refractivity contribution < 1.29 is 32.9 Å². The zero-order valence-corrected chi connectivity index (χ0v) is 22.1. The number of nitrogens with one attached hydrogen (secondary N) is 1. The number of amides is 1. The Kier molecular flexibility index (Phi) is 17.6. The van der Waals surface area contributed by atoms with Crippen molar-refractivity contribution in [3.05, 3.63) is 0 Å². The van der Waals surface area contributed by atoms with Crippen LogP contribution < -0.4 is 5.32 Å². The lowest BCUT2D eigenvalue weighted by molar-refractivity contribution is -0.870. The number of aliphatic hydroxyl groups is 1. The number of phosphoric acid groups is 1. The van der Waals surface area contributed by atoms with Crippen molar-refractivity contribution in [1.82, 2.24) is 5.32 Å². The van der Waals surface area contributed by atoms with E-state index < -0.39 is 20.0 Å². The zero-order valence-electron chi connectivity index (χ0n) is 21.2. The summed E-state index contributed by atoms with van der Waals surface area (Å²) in [5.41, 5.74) is 0. The summed E-state index contributed by atoms with van der Waals surface area (Å²) in [6.45, 7) is 4.64. The summed E-state index contributed by atoms with van der Waals surface area (Å²) in [6, 6.07) is -0.744. The average molecular weight is 482 g/mol. The van der Waals surface area contributed by atoms with E-state index in [2.05, 4.69) is 19.2 Å². The van der Waals surface area contributed by atoms with Gasteiger partial charge in [0.05, 0.1) is 39.9 Å². The number of nitrogens with zero attached hydrogens (tertiary/aromatic N) is 1. The summed E-state index contributed by atoms with van der Waals surface area (Å²) in [5, 5.41) is 13.4. The van der Waals surface area contributed by atoms with Gasteiger partial charge in [-0.25, -0.2) is 4.57 Å². The number of rotatable bonds is 21. The normalized spacial score (nSPS) is 15.8. The molecule has 0 saturated heterocycles. The third kappa shape index (κ3) is 19.0. The van der Waals surface area contributed by atoms with Crippen LogP contribution in [-0.2, 0) is 18.4 Å². The lowest BCUT2D eigenvalue weighted by Crippen LogP contribution is -2.46. The molecule has 0 aliphatic heterocycles. The number of hydrogen-bond donors (Lipinski definition) is 3. The number of quaternary nitrogens is 1. The van der Waals surface area contributed by atoms with E-state index in [4.69, 9.17) is 9.05 Å². The fourth-order valence-electron chi connectivity index (χ4n) is 3.22. The van der Waals surface area contributed by atoms with Crippen molar-refractivity contribution in [2.75, 3.05) is 40.9 Å². The standard InChI is InChI=1S/C23H49N2O6P/c1-6-8-10-12-13-15-17-23(27)24-21(22(26)16-14-11-9-7-2)20-31-32(28,29)30-19-18-25(3,4)5/h21-22,26H,6-20H2,1-5H3,(H-,24,27,28,29)/p+1. The highest BCUT2D eigenvalue weighted by Crippen LogP contribution is 2.43. The highest BCUT2D eigenvalue weighted by atomic mass is 31.2. The second-order valence-electron chi connectivity index (χ2n) is 9.72. The first-order chi connectivity index (χ1) is 15.0. The predicted octanol–water partition coefficient (Wildman–Crippen LogP) is 4.39. The molecule has 3 unspecified atom stereocenters. The Balaban J connectivity index is 4.64. The summed E-state index contributed by atoms with van der Waals surface area (Å²) >= 11 is 0. The highest BCUT2D eigenvalue weighted by Gasteiger charge is 2.28. The highest BCUT2D eigenvalue weighted by molar-refractivity contribution is 7.47. The van der Waals surface area contributed by atoms with Gasteiger partial charge in [0.2, 0.25) is 5.91 Å². The summed E-state index contributed by atoms with van der Waals surface area (Å²) in [4.78, 5) is 22.4. The van der Waals surface area contributed by atoms with Gasteiger partial charge in [0.25, 0.3) is 0 Å². The lowest BCUT2D eigenvalue weighted by atomic mass is 10.0. The molecule has 0 saturated carbocycles. The van der Waals surface area contributed by atoms with Crippen LogP contribution in [0.5, 0.6) is 0 Å². The van der Waals surface area contributed by atoms with Gasteiger partial charge in [0.15, 0.2) is 0 Å². The van der Waals surface area contributed by atoms with Gasteiger partial charge in [0, 0.05) is 6.42 Å². The van der Waals surface area contributed by atoms with Crippen LogP contribution in [0.25, 0.3) is 0 Å². The summed E-state index contributed by atoms with van der Waals surface area (Å²) in [5.74, 6) is -0.166. The summed E-state index contributed by atoms with van der Waals surface area (Å²) in [7, 11) is 1.60. The lowest BCUT2D eigenvalue weighted by Gasteiger charge is -2.26. The fourth-order valence-corrected chi connectivity index (χ4v) is 3.95. The van der Waals surface area contributed by atoms with E-state index in [1.165, 1.54) is 19.3 Å². The van der Waals surface area contributed by atoms with Gasteiger partial charge in [-0.15, -0.1) is 0 Å². The van der Waals surface area contributed by atoms with Crippen LogP contribution in [0.1, 0.15) is 90.9 Å². The molecule has 8 nitrogen and oxygen atoms in total. The van der Waals surface area contributed by atoms with E-state index in [-0.39, 0.29) is 19.1 Å². The molecule has 0 aliphatic rings. The maximum absolute atomic E-state index is 12.4. The molecular weight excluding hydrogens is 431 g/mol. The maximum Gasteiger partial charge on any atom is 0.472 e. The molecule has 9 heteroatoms. The number of carbonyl (C=O) groups is 1. The molecule has 3 atom stereocenters. The topological polar surface area (TPSA) is 105 Å². The minimum Gasteiger partial charge on any atom is -0.391 e. The number of carbonyl (C=O) groups excluding carboxylic acids is 1. The second kappa shape index (κ2) is 17.9. The quantitative estimate of drug-likeness (QED) is 0.128. The van der Waals surface area contributed by atoms with Crippen LogP contribution in [0.4, 0.5) is 0 Å². The molecule has 0 bridgehead atoms. The van der Waals surface area contributed by atoms with Crippen LogP contribution >= 0.6 is 7.82 Å². The minimum atomic E-state index is -4.26. The monoisotopic (exact) mass is 481 g/mol. The summed E-state index contributed by atoms with van der Waals surface area (Å²) < 4.78 is 23.0. The molecular formula is C23H50N2O6P+. The molecule has 1 amide bonds. The molecule has 0 radical (unpaired) electrons. The molecule has 3 N–H and O–H groups in total. The van der Waals surface area contributed by atoms with Crippen molar-refractivity contribution in [1.29, 1.82) is 0 Å². The van der Waals surface area contributed by atoms with E-state index >= 15 is 0 Å². The Morgan fingerprint density at radius 3 is 2.09 bits per heavy atom. The number of likely N-dealkylation sites (N-methyl/N-ethyl adjacent to an activating group) is 1. The van der Waals surface area contributed by atoms with E-state index in [1.807, 2.05) is 21.1 Å². The largest absolute Gasteiger partial charge is 0.472 e. The van der Waals surface area contributed by atoms with Crippen LogP contribution in [0.2, 0.25) is 0 Å². The van der Waals surface area contributed by atoms with Crippen LogP contribution in [-0.4, -0.2) is 73.4 Å². The van der Waals surface area contributed by atoms with Crippen molar-refractivity contribution in [2.45, 2.75) is 103 Å². The Morgan fingerprint density at radius 2 is 1.50 bits per heavy atom. The molecule has 0 spiro atoms. The molecule has 32 heavy (non-hydrogen) atoms. The first kappa shape index (κ1) is 31.5. The molecule has 0 aromatic rings. The average Bonchev–Trinajstić information content (AvgIpc) is 2.69. The Labute approximate surface area is 196 Å². The van der Waals surface area contributed by atoms with Crippen LogP contribution in [0.15, 0.2) is 0 Å². The van der Waals surface area contributed by atoms with Crippen molar-refractivity contribution in [2.24, 2.45) is 0 Å². The molecule has 0 aliphatic carbocycles. The van der Waals surface area contributed by atoms with Gasteiger partial charge in [-0.1, -0.05) is 71.6 Å². The van der Waals surface area contributed by atoms with Gasteiger partial charge >= 0.3 is 7.82 Å². The first-order valence-corrected chi connectivity index (χ1v) is 13.9. The van der Waals surface area contributed by atoms with E-state index in [9.17, 15) is 19.4 Å². The molecule has 0 aromatic heterocycles. The SMILES string of the molecule is CCCCCCCCC(=O)NC(COP(=O)(O)OCC[N+](C)(C)C)C(O)CCCCCC.